The molecule has 3 rings (SSSR count). The molecule has 5 nitrogen and oxygen atoms in total. The molecule has 1 aromatic carbocycles. The van der Waals surface area contributed by atoms with Crippen molar-refractivity contribution in [3.8, 4) is 0 Å². The van der Waals surface area contributed by atoms with E-state index in [1.165, 1.54) is 17.8 Å². The zero-order valence-electron chi connectivity index (χ0n) is 14.0. The minimum Gasteiger partial charge on any atom is -0.372 e. The van der Waals surface area contributed by atoms with Crippen molar-refractivity contribution in [2.24, 2.45) is 11.0 Å². The van der Waals surface area contributed by atoms with Gasteiger partial charge in [-0.2, -0.15) is 18.3 Å². The number of hydrogen-bond donors (Lipinski definition) is 2. The lowest BCUT2D eigenvalue weighted by Gasteiger charge is -2.33. The summed E-state index contributed by atoms with van der Waals surface area (Å²) in [5, 5.41) is 14.8. The van der Waals surface area contributed by atoms with Gasteiger partial charge in [-0.1, -0.05) is 30.8 Å². The van der Waals surface area contributed by atoms with Crippen molar-refractivity contribution in [1.82, 2.24) is 15.4 Å². The van der Waals surface area contributed by atoms with Crippen LogP contribution in [0.4, 0.5) is 13.2 Å². The molecular formula is C17H17F3N4OS. The van der Waals surface area contributed by atoms with Crippen LogP contribution >= 0.6 is 11.8 Å². The Bertz CT molecular complexity index is 828. The molecule has 2 heterocycles. The van der Waals surface area contributed by atoms with Crippen LogP contribution in [-0.2, 0) is 6.18 Å². The van der Waals surface area contributed by atoms with Crippen molar-refractivity contribution in [3.63, 3.8) is 0 Å². The Kier molecular flexibility index (Phi) is 5.19. The highest BCUT2D eigenvalue weighted by Gasteiger charge is 2.37. The number of rotatable bonds is 3. The molecule has 3 unspecified atom stereocenters. The molecule has 1 aromatic heterocycles. The minimum absolute atomic E-state index is 0.334. The van der Waals surface area contributed by atoms with Gasteiger partial charge in [-0.05, 0) is 30.0 Å². The molecule has 1 aliphatic rings. The monoisotopic (exact) mass is 382 g/mol. The Labute approximate surface area is 152 Å². The van der Waals surface area contributed by atoms with E-state index in [0.717, 1.165) is 12.1 Å². The molecular weight excluding hydrogens is 365 g/mol. The number of benzene rings is 1. The van der Waals surface area contributed by atoms with Gasteiger partial charge in [0.2, 0.25) is 0 Å². The average Bonchev–Trinajstić information content (AvgIpc) is 2.63. The number of hydrogen-bond acceptors (Lipinski definition) is 6. The van der Waals surface area contributed by atoms with E-state index in [1.807, 2.05) is 6.26 Å². The van der Waals surface area contributed by atoms with E-state index < -0.39 is 23.9 Å². The lowest BCUT2D eigenvalue weighted by atomic mass is 9.81. The molecule has 2 aromatic rings. The normalized spacial score (nSPS) is 23.3. The third-order valence-corrected chi connectivity index (χ3v) is 4.84. The van der Waals surface area contributed by atoms with Crippen LogP contribution in [0.25, 0.3) is 0 Å². The van der Waals surface area contributed by atoms with E-state index in [2.05, 4.69) is 20.5 Å². The maximum absolute atomic E-state index is 13.1. The van der Waals surface area contributed by atoms with Crippen LogP contribution in [-0.4, -0.2) is 33.3 Å². The van der Waals surface area contributed by atoms with E-state index in [1.54, 1.807) is 25.3 Å². The third kappa shape index (κ3) is 3.68. The lowest BCUT2D eigenvalue weighted by molar-refractivity contribution is -0.137. The van der Waals surface area contributed by atoms with Crippen molar-refractivity contribution in [3.05, 3.63) is 53.3 Å². The zero-order chi connectivity index (χ0) is 18.9. The predicted octanol–water partition coefficient (Wildman–Crippen LogP) is 3.26. The number of aliphatic hydroxyl groups excluding tert-OH is 1. The highest BCUT2D eigenvalue weighted by molar-refractivity contribution is 7.98. The van der Waals surface area contributed by atoms with Gasteiger partial charge >= 0.3 is 6.18 Å². The number of aliphatic hydroxyl groups is 1. The Morgan fingerprint density at radius 3 is 2.69 bits per heavy atom. The van der Waals surface area contributed by atoms with Crippen LogP contribution in [0.15, 0.2) is 46.8 Å². The van der Waals surface area contributed by atoms with Crippen molar-refractivity contribution in [2.45, 2.75) is 30.4 Å². The fourth-order valence-electron chi connectivity index (χ4n) is 2.89. The van der Waals surface area contributed by atoms with Gasteiger partial charge in [-0.25, -0.2) is 9.97 Å². The van der Waals surface area contributed by atoms with E-state index in [4.69, 9.17) is 0 Å². The molecule has 138 valence electrons. The van der Waals surface area contributed by atoms with Crippen molar-refractivity contribution >= 4 is 17.5 Å². The summed E-state index contributed by atoms with van der Waals surface area (Å²) in [4.78, 5) is 8.58. The standard InChI is InChI=1S/C17H17F3N4OS/c1-9-13(12-6-7-21-16(22-12)26-2)14(23-24-15(9)25)10-4-3-5-11(8-10)17(18,19)20/h3-9,13,15,24-25H,1-2H3. The molecule has 0 fully saturated rings. The summed E-state index contributed by atoms with van der Waals surface area (Å²) < 4.78 is 39.2. The second kappa shape index (κ2) is 7.24. The first-order valence-electron chi connectivity index (χ1n) is 7.87. The largest absolute Gasteiger partial charge is 0.416 e. The van der Waals surface area contributed by atoms with Gasteiger partial charge in [-0.15, -0.1) is 0 Å². The molecule has 0 saturated heterocycles. The van der Waals surface area contributed by atoms with Crippen LogP contribution in [0, 0.1) is 5.92 Å². The maximum atomic E-state index is 13.1. The molecule has 0 radical (unpaired) electrons. The summed E-state index contributed by atoms with van der Waals surface area (Å²) >= 11 is 1.36. The Balaban J connectivity index is 2.09. The lowest BCUT2D eigenvalue weighted by Crippen LogP contribution is -2.43. The number of thioether (sulfide) groups is 1. The second-order valence-corrected chi connectivity index (χ2v) is 6.73. The second-order valence-electron chi connectivity index (χ2n) is 5.95. The van der Waals surface area contributed by atoms with Gasteiger partial charge in [-0.3, -0.25) is 5.43 Å². The van der Waals surface area contributed by atoms with Gasteiger partial charge in [0.05, 0.1) is 22.9 Å². The zero-order valence-corrected chi connectivity index (χ0v) is 14.8. The quantitative estimate of drug-likeness (QED) is 0.630. The van der Waals surface area contributed by atoms with Crippen LogP contribution in [0.3, 0.4) is 0 Å². The molecule has 9 heteroatoms. The van der Waals surface area contributed by atoms with Crippen molar-refractivity contribution < 1.29 is 18.3 Å². The Hall–Kier alpha value is -2.13. The first-order valence-corrected chi connectivity index (χ1v) is 9.09. The predicted molar refractivity (Wildman–Crippen MR) is 92.8 cm³/mol. The molecule has 26 heavy (non-hydrogen) atoms. The minimum atomic E-state index is -4.44. The van der Waals surface area contributed by atoms with Gasteiger partial charge in [0.1, 0.15) is 6.23 Å². The fraction of sp³-hybridized carbons (Fsp3) is 0.353. The van der Waals surface area contributed by atoms with Crippen LogP contribution in [0.1, 0.15) is 29.7 Å². The summed E-state index contributed by atoms with van der Waals surface area (Å²) in [5.41, 5.74) is 3.17. The Morgan fingerprint density at radius 1 is 1.23 bits per heavy atom. The smallest absolute Gasteiger partial charge is 0.372 e. The highest BCUT2D eigenvalue weighted by atomic mass is 32.2. The van der Waals surface area contributed by atoms with Gasteiger partial charge in [0, 0.05) is 12.1 Å². The van der Waals surface area contributed by atoms with Crippen LogP contribution in [0.5, 0.6) is 0 Å². The third-order valence-electron chi connectivity index (χ3n) is 4.28. The molecule has 0 aliphatic carbocycles. The number of nitrogens with zero attached hydrogens (tertiary/aromatic N) is 3. The molecule has 0 saturated carbocycles. The average molecular weight is 382 g/mol. The summed E-state index contributed by atoms with van der Waals surface area (Å²) in [6.45, 7) is 1.80. The number of hydrazone groups is 1. The van der Waals surface area contributed by atoms with Crippen LogP contribution < -0.4 is 5.43 Å². The molecule has 0 spiro atoms. The first kappa shape index (κ1) is 18.7. The summed E-state index contributed by atoms with van der Waals surface area (Å²) in [6.07, 6.45) is -1.94. The van der Waals surface area contributed by atoms with E-state index in [9.17, 15) is 18.3 Å². The number of nitrogens with one attached hydrogen (secondary N) is 1. The van der Waals surface area contributed by atoms with Crippen molar-refractivity contribution in [1.29, 1.82) is 0 Å². The van der Waals surface area contributed by atoms with E-state index >= 15 is 0 Å². The summed E-state index contributed by atoms with van der Waals surface area (Å²) in [6, 6.07) is 6.70. The van der Waals surface area contributed by atoms with E-state index in [-0.39, 0.29) is 5.92 Å². The van der Waals surface area contributed by atoms with Crippen molar-refractivity contribution in [2.75, 3.05) is 6.26 Å². The maximum Gasteiger partial charge on any atom is 0.416 e. The van der Waals surface area contributed by atoms with Gasteiger partial charge < -0.3 is 5.11 Å². The molecule has 1 aliphatic heterocycles. The topological polar surface area (TPSA) is 70.4 Å². The number of aromatic nitrogens is 2. The van der Waals surface area contributed by atoms with Gasteiger partial charge in [0.15, 0.2) is 5.16 Å². The molecule has 2 N–H and O–H groups in total. The van der Waals surface area contributed by atoms with E-state index in [0.29, 0.717) is 22.1 Å². The number of halogens is 3. The molecule has 3 atom stereocenters. The molecule has 0 amide bonds. The fourth-order valence-corrected chi connectivity index (χ4v) is 3.25. The van der Waals surface area contributed by atoms with Crippen LogP contribution in [0.2, 0.25) is 0 Å². The summed E-state index contributed by atoms with van der Waals surface area (Å²) in [5.74, 6) is -0.815. The number of alkyl halides is 3. The summed E-state index contributed by atoms with van der Waals surface area (Å²) in [7, 11) is 0. The first-order chi connectivity index (χ1) is 12.3. The highest BCUT2D eigenvalue weighted by Crippen LogP contribution is 2.35. The molecule has 0 bridgehead atoms. The van der Waals surface area contributed by atoms with Gasteiger partial charge in [0.25, 0.3) is 0 Å². The Morgan fingerprint density at radius 2 is 2.00 bits per heavy atom. The SMILES string of the molecule is CSc1nccc(C2C(c3cccc(C(F)(F)F)c3)=NNC(O)C2C)n1.